The minimum absolute atomic E-state index is 0.0198. The molecule has 31 heavy (non-hydrogen) atoms. The number of ether oxygens (including phenoxy) is 1. The number of carbonyl (C=O) groups is 2. The standard InChI is InChI=1S/C23H20BrN3O3S/c24-20-9-5-4-8-19(20)22(29)26-27-23(31)25-21(28)17-10-12-18(13-11-17)30-15-14-16-6-2-1-3-7-16/h1-13H,14-15H2,(H,26,29)(H2,25,27,28,31). The van der Waals surface area contributed by atoms with Crippen LogP contribution >= 0.6 is 28.1 Å². The first kappa shape index (κ1) is 22.5. The van der Waals surface area contributed by atoms with Crippen LogP contribution in [-0.4, -0.2) is 23.5 Å². The van der Waals surface area contributed by atoms with Crippen molar-refractivity contribution in [2.24, 2.45) is 0 Å². The van der Waals surface area contributed by atoms with E-state index in [1.807, 2.05) is 18.2 Å². The van der Waals surface area contributed by atoms with Gasteiger partial charge in [0.1, 0.15) is 5.75 Å². The van der Waals surface area contributed by atoms with Gasteiger partial charge in [-0.15, -0.1) is 0 Å². The summed E-state index contributed by atoms with van der Waals surface area (Å²) in [6.45, 7) is 0.542. The van der Waals surface area contributed by atoms with Crippen molar-refractivity contribution in [1.29, 1.82) is 0 Å². The zero-order chi connectivity index (χ0) is 22.1. The summed E-state index contributed by atoms with van der Waals surface area (Å²) in [4.78, 5) is 24.5. The van der Waals surface area contributed by atoms with E-state index >= 15 is 0 Å². The number of thiocarbonyl (C=S) groups is 1. The Kier molecular flexibility index (Phi) is 8.14. The zero-order valence-corrected chi connectivity index (χ0v) is 18.8. The van der Waals surface area contributed by atoms with Crippen LogP contribution in [-0.2, 0) is 6.42 Å². The third-order valence-electron chi connectivity index (χ3n) is 4.25. The first-order valence-electron chi connectivity index (χ1n) is 9.46. The van der Waals surface area contributed by atoms with Gasteiger partial charge in [0, 0.05) is 16.5 Å². The summed E-state index contributed by atoms with van der Waals surface area (Å²) in [7, 11) is 0. The van der Waals surface area contributed by atoms with Crippen LogP contribution in [0, 0.1) is 0 Å². The van der Waals surface area contributed by atoms with Crippen LogP contribution in [0.15, 0.2) is 83.3 Å². The molecule has 3 aromatic rings. The van der Waals surface area contributed by atoms with Crippen molar-refractivity contribution in [3.05, 3.63) is 100 Å². The lowest BCUT2D eigenvalue weighted by Crippen LogP contribution is -2.48. The number of amides is 2. The lowest BCUT2D eigenvalue weighted by molar-refractivity contribution is 0.0934. The molecular formula is C23H20BrN3O3S. The Morgan fingerprint density at radius 3 is 2.23 bits per heavy atom. The minimum Gasteiger partial charge on any atom is -0.493 e. The second-order valence-electron chi connectivity index (χ2n) is 6.45. The van der Waals surface area contributed by atoms with Gasteiger partial charge in [-0.25, -0.2) is 0 Å². The number of benzene rings is 3. The number of hydrogen-bond donors (Lipinski definition) is 3. The lowest BCUT2D eigenvalue weighted by Gasteiger charge is -2.12. The Hall–Kier alpha value is -3.23. The van der Waals surface area contributed by atoms with Crippen molar-refractivity contribution in [2.75, 3.05) is 6.61 Å². The zero-order valence-electron chi connectivity index (χ0n) is 16.4. The van der Waals surface area contributed by atoms with Gasteiger partial charge in [-0.2, -0.15) is 0 Å². The molecule has 0 saturated carbocycles. The molecular weight excluding hydrogens is 478 g/mol. The van der Waals surface area contributed by atoms with Crippen LogP contribution in [0.25, 0.3) is 0 Å². The van der Waals surface area contributed by atoms with Gasteiger partial charge in [-0.1, -0.05) is 42.5 Å². The van der Waals surface area contributed by atoms with E-state index in [1.165, 1.54) is 5.56 Å². The van der Waals surface area contributed by atoms with Crippen molar-refractivity contribution in [1.82, 2.24) is 16.2 Å². The van der Waals surface area contributed by atoms with Gasteiger partial charge in [0.25, 0.3) is 11.8 Å². The highest BCUT2D eigenvalue weighted by atomic mass is 79.9. The molecule has 0 aromatic heterocycles. The Balaban J connectivity index is 1.43. The number of hydrogen-bond acceptors (Lipinski definition) is 4. The molecule has 0 fully saturated rings. The van der Waals surface area contributed by atoms with Gasteiger partial charge >= 0.3 is 0 Å². The molecule has 0 aliphatic rings. The number of halogens is 1. The van der Waals surface area contributed by atoms with E-state index in [0.717, 1.165) is 6.42 Å². The molecule has 0 heterocycles. The SMILES string of the molecule is O=C(NC(=S)NNC(=O)c1ccccc1Br)c1ccc(OCCc2ccccc2)cc1. The molecule has 3 rings (SSSR count). The van der Waals surface area contributed by atoms with Crippen molar-refractivity contribution in [3.8, 4) is 5.75 Å². The molecule has 6 nitrogen and oxygen atoms in total. The van der Waals surface area contributed by atoms with E-state index in [-0.39, 0.29) is 11.0 Å². The van der Waals surface area contributed by atoms with E-state index in [2.05, 4.69) is 44.2 Å². The van der Waals surface area contributed by atoms with E-state index in [0.29, 0.717) is 28.0 Å². The molecule has 0 radical (unpaired) electrons. The summed E-state index contributed by atoms with van der Waals surface area (Å²) >= 11 is 8.37. The lowest BCUT2D eigenvalue weighted by atomic mass is 10.2. The van der Waals surface area contributed by atoms with Gasteiger partial charge in [0.15, 0.2) is 5.11 Å². The summed E-state index contributed by atoms with van der Waals surface area (Å²) < 4.78 is 6.37. The maximum Gasteiger partial charge on any atom is 0.270 e. The fourth-order valence-electron chi connectivity index (χ4n) is 2.67. The highest BCUT2D eigenvalue weighted by Gasteiger charge is 2.11. The third-order valence-corrected chi connectivity index (χ3v) is 5.15. The maximum absolute atomic E-state index is 12.3. The second-order valence-corrected chi connectivity index (χ2v) is 7.71. The molecule has 0 aliphatic carbocycles. The average molecular weight is 498 g/mol. The van der Waals surface area contributed by atoms with Crippen LogP contribution < -0.4 is 20.9 Å². The Morgan fingerprint density at radius 2 is 1.52 bits per heavy atom. The van der Waals surface area contributed by atoms with Crippen LogP contribution in [0.3, 0.4) is 0 Å². The van der Waals surface area contributed by atoms with Gasteiger partial charge in [-0.05, 0) is 70.1 Å². The summed E-state index contributed by atoms with van der Waals surface area (Å²) in [5, 5.41) is 2.50. The first-order valence-corrected chi connectivity index (χ1v) is 10.7. The maximum atomic E-state index is 12.3. The molecule has 2 amide bonds. The normalized spacial score (nSPS) is 10.1. The molecule has 3 N–H and O–H groups in total. The van der Waals surface area contributed by atoms with Crippen molar-refractivity contribution in [2.45, 2.75) is 6.42 Å². The van der Waals surface area contributed by atoms with E-state index in [9.17, 15) is 9.59 Å². The molecule has 0 spiro atoms. The van der Waals surface area contributed by atoms with E-state index in [4.69, 9.17) is 17.0 Å². The van der Waals surface area contributed by atoms with Gasteiger partial charge in [0.2, 0.25) is 0 Å². The van der Waals surface area contributed by atoms with Crippen molar-refractivity contribution < 1.29 is 14.3 Å². The molecule has 3 aromatic carbocycles. The summed E-state index contributed by atoms with van der Waals surface area (Å²) in [6, 6.07) is 23.8. The smallest absolute Gasteiger partial charge is 0.270 e. The monoisotopic (exact) mass is 497 g/mol. The summed E-state index contributed by atoms with van der Waals surface area (Å²) in [5.74, 6) is -0.113. The number of nitrogens with one attached hydrogen (secondary N) is 3. The van der Waals surface area contributed by atoms with Gasteiger partial charge < -0.3 is 4.74 Å². The average Bonchev–Trinajstić information content (AvgIpc) is 2.79. The molecule has 0 unspecified atom stereocenters. The molecule has 8 heteroatoms. The Morgan fingerprint density at radius 1 is 0.839 bits per heavy atom. The predicted molar refractivity (Wildman–Crippen MR) is 127 cm³/mol. The van der Waals surface area contributed by atoms with Crippen LogP contribution in [0.4, 0.5) is 0 Å². The molecule has 158 valence electrons. The Bertz CT molecular complexity index is 1060. The second kappa shape index (κ2) is 11.2. The molecule has 0 bridgehead atoms. The van der Waals surface area contributed by atoms with Crippen molar-refractivity contribution >= 4 is 45.1 Å². The highest BCUT2D eigenvalue weighted by molar-refractivity contribution is 9.10. The number of rotatable bonds is 6. The fraction of sp³-hybridized carbons (Fsp3) is 0.0870. The van der Waals surface area contributed by atoms with Crippen molar-refractivity contribution in [3.63, 3.8) is 0 Å². The minimum atomic E-state index is -0.400. The quantitative estimate of drug-likeness (QED) is 0.354. The first-order chi connectivity index (χ1) is 15.0. The predicted octanol–water partition coefficient (Wildman–Crippen LogP) is 4.02. The Labute approximate surface area is 194 Å². The molecule has 0 atom stereocenters. The largest absolute Gasteiger partial charge is 0.493 e. The highest BCUT2D eigenvalue weighted by Crippen LogP contribution is 2.15. The summed E-state index contributed by atoms with van der Waals surface area (Å²) in [5.41, 5.74) is 7.02. The third kappa shape index (κ3) is 6.91. The fourth-order valence-corrected chi connectivity index (χ4v) is 3.28. The topological polar surface area (TPSA) is 79.5 Å². The van der Waals surface area contributed by atoms with E-state index in [1.54, 1.807) is 48.5 Å². The number of hydrazine groups is 1. The van der Waals surface area contributed by atoms with Gasteiger partial charge in [-0.3, -0.25) is 25.8 Å². The molecule has 0 aliphatic heterocycles. The van der Waals surface area contributed by atoms with Gasteiger partial charge in [0.05, 0.1) is 12.2 Å². The van der Waals surface area contributed by atoms with Crippen LogP contribution in [0.5, 0.6) is 5.75 Å². The summed E-state index contributed by atoms with van der Waals surface area (Å²) in [6.07, 6.45) is 0.800. The molecule has 0 saturated heterocycles. The van der Waals surface area contributed by atoms with Crippen LogP contribution in [0.1, 0.15) is 26.3 Å². The van der Waals surface area contributed by atoms with Crippen LogP contribution in [0.2, 0.25) is 0 Å². The number of carbonyl (C=O) groups excluding carboxylic acids is 2. The van der Waals surface area contributed by atoms with E-state index < -0.39 is 5.91 Å².